The summed E-state index contributed by atoms with van der Waals surface area (Å²) in [6, 6.07) is 0. The second-order valence-corrected chi connectivity index (χ2v) is 31.4. The molecule has 17 nitrogen and oxygen atoms in total. The van der Waals surface area contributed by atoms with E-state index in [-0.39, 0.29) is 25.7 Å². The van der Waals surface area contributed by atoms with Crippen LogP contribution >= 0.6 is 15.6 Å². The fraction of sp³-hybridized carbons (Fsp3) is 0.947. The van der Waals surface area contributed by atoms with Crippen LogP contribution in [0.15, 0.2) is 0 Å². The molecule has 0 amide bonds. The molecular weight excluding hydrogens is 1230 g/mol. The Kier molecular flexibility index (Phi) is 63.1. The molecule has 0 aliphatic rings. The van der Waals surface area contributed by atoms with E-state index in [1.165, 1.54) is 173 Å². The van der Waals surface area contributed by atoms with Crippen LogP contribution < -0.4 is 0 Å². The number of carbonyl (C=O) groups is 4. The lowest BCUT2D eigenvalue weighted by molar-refractivity contribution is -0.161. The molecule has 0 bridgehead atoms. The summed E-state index contributed by atoms with van der Waals surface area (Å²) in [5, 5.41) is 10.6. The Labute approximate surface area is 575 Å². The maximum absolute atomic E-state index is 13.0. The van der Waals surface area contributed by atoms with Gasteiger partial charge in [-0.3, -0.25) is 37.3 Å². The van der Waals surface area contributed by atoms with Gasteiger partial charge in [0, 0.05) is 25.7 Å². The summed E-state index contributed by atoms with van der Waals surface area (Å²) in [4.78, 5) is 72.7. The summed E-state index contributed by atoms with van der Waals surface area (Å²) in [6.07, 6.45) is 48.7. The number of carbonyl (C=O) groups excluding carboxylic acids is 4. The summed E-state index contributed by atoms with van der Waals surface area (Å²) >= 11 is 0. The third-order valence-corrected chi connectivity index (χ3v) is 19.9. The zero-order valence-electron chi connectivity index (χ0n) is 61.6. The molecule has 0 aromatic rings. The molecule has 0 fully saturated rings. The van der Waals surface area contributed by atoms with Crippen LogP contribution in [0.4, 0.5) is 0 Å². The number of phosphoric ester groups is 2. The highest BCUT2D eigenvalue weighted by Gasteiger charge is 2.30. The monoisotopic (exact) mass is 1380 g/mol. The van der Waals surface area contributed by atoms with Crippen LogP contribution in [-0.4, -0.2) is 96.7 Å². The maximum Gasteiger partial charge on any atom is 0.472 e. The Hall–Kier alpha value is -1.94. The van der Waals surface area contributed by atoms with Crippen LogP contribution in [0.5, 0.6) is 0 Å². The van der Waals surface area contributed by atoms with Gasteiger partial charge in [-0.05, 0) is 49.4 Å². The SMILES string of the molecule is CCC(C)CCCCCCCCC(=O)OC[C@H](COP(=O)(O)OC[C@H](O)COP(=O)(O)OC[C@@H](COC(=O)CCCCCCCCCCCCCCCCCC(C)C)OC(=O)CCCCCCCCC(C)CC)OC(=O)CCCCCCCCCCCCCCCC(C)C. The van der Waals surface area contributed by atoms with Gasteiger partial charge in [-0.25, -0.2) is 9.13 Å². The first-order chi connectivity index (χ1) is 45.2. The van der Waals surface area contributed by atoms with Crippen molar-refractivity contribution in [2.45, 2.75) is 395 Å². The van der Waals surface area contributed by atoms with Crippen LogP contribution in [0, 0.1) is 23.7 Å². The number of esters is 4. The number of rotatable bonds is 72. The number of aliphatic hydroxyl groups is 1. The van der Waals surface area contributed by atoms with Gasteiger partial charge in [0.25, 0.3) is 0 Å². The zero-order chi connectivity index (χ0) is 69.6. The van der Waals surface area contributed by atoms with Gasteiger partial charge >= 0.3 is 39.5 Å². The minimum Gasteiger partial charge on any atom is -0.462 e. The van der Waals surface area contributed by atoms with E-state index in [9.17, 15) is 43.2 Å². The standard InChI is InChI=1S/C75H146O17P2/c1-9-67(7)53-45-37-31-33-40-48-56-73(78)86-62-70(91-74(79)57-49-41-30-26-22-18-14-16-20-24-28-36-44-52-66(5)6)63-89-93(81,82)87-59-69(76)60-88-94(83,84)90-64-71(92-75(80)58-50-42-34-32-38-46-54-68(8)10-2)61-85-72(77)55-47-39-29-25-21-17-13-11-12-15-19-23-27-35-43-51-65(3)4/h65-71,76H,9-64H2,1-8H3,(H,81,82)(H,83,84)/t67?,68?,69-,70+,71+/m0/s1. The number of aliphatic hydroxyl groups excluding tert-OH is 1. The van der Waals surface area contributed by atoms with Gasteiger partial charge in [0.15, 0.2) is 12.2 Å². The number of hydrogen-bond donors (Lipinski definition) is 3. The largest absolute Gasteiger partial charge is 0.472 e. The van der Waals surface area contributed by atoms with Crippen LogP contribution in [0.2, 0.25) is 0 Å². The molecule has 94 heavy (non-hydrogen) atoms. The van der Waals surface area contributed by atoms with E-state index in [2.05, 4.69) is 55.4 Å². The molecule has 4 unspecified atom stereocenters. The molecule has 0 saturated carbocycles. The van der Waals surface area contributed by atoms with Crippen LogP contribution in [-0.2, 0) is 65.4 Å². The van der Waals surface area contributed by atoms with E-state index in [1.54, 1.807) is 0 Å². The van der Waals surface area contributed by atoms with Crippen molar-refractivity contribution in [3.8, 4) is 0 Å². The molecule has 19 heteroatoms. The molecule has 0 aromatic carbocycles. The molecule has 0 spiro atoms. The summed E-state index contributed by atoms with van der Waals surface area (Å²) < 4.78 is 68.4. The lowest BCUT2D eigenvalue weighted by atomic mass is 10.00. The van der Waals surface area contributed by atoms with Crippen molar-refractivity contribution in [2.75, 3.05) is 39.6 Å². The Morgan fingerprint density at radius 3 is 0.755 bits per heavy atom. The van der Waals surface area contributed by atoms with E-state index in [1.807, 2.05) is 0 Å². The highest BCUT2D eigenvalue weighted by molar-refractivity contribution is 7.47. The molecule has 0 rings (SSSR count). The molecule has 0 heterocycles. The second-order valence-electron chi connectivity index (χ2n) is 28.5. The molecule has 558 valence electrons. The van der Waals surface area contributed by atoms with E-state index in [4.69, 9.17) is 37.0 Å². The Morgan fingerprint density at radius 1 is 0.298 bits per heavy atom. The highest BCUT2D eigenvalue weighted by atomic mass is 31.2. The fourth-order valence-electron chi connectivity index (χ4n) is 11.3. The quantitative estimate of drug-likeness (QED) is 0.0222. The van der Waals surface area contributed by atoms with Crippen molar-refractivity contribution in [1.29, 1.82) is 0 Å². The summed E-state index contributed by atoms with van der Waals surface area (Å²) in [6.45, 7) is 14.1. The minimum atomic E-state index is -4.96. The molecule has 0 radical (unpaired) electrons. The number of unbranched alkanes of at least 4 members (excludes halogenated alkanes) is 36. The van der Waals surface area contributed by atoms with Gasteiger partial charge in [-0.1, -0.05) is 325 Å². The van der Waals surface area contributed by atoms with E-state index in [0.29, 0.717) is 25.7 Å². The molecule has 0 saturated heterocycles. The van der Waals surface area contributed by atoms with E-state index in [0.717, 1.165) is 120 Å². The van der Waals surface area contributed by atoms with Crippen LogP contribution in [0.25, 0.3) is 0 Å². The summed E-state index contributed by atoms with van der Waals surface area (Å²) in [5.41, 5.74) is 0. The average Bonchev–Trinajstić information content (AvgIpc) is 1.50. The Balaban J connectivity index is 5.20. The topological polar surface area (TPSA) is 237 Å². The third kappa shape index (κ3) is 66.0. The first-order valence-corrected chi connectivity index (χ1v) is 41.8. The third-order valence-electron chi connectivity index (χ3n) is 18.0. The van der Waals surface area contributed by atoms with Crippen LogP contribution in [0.3, 0.4) is 0 Å². The number of hydrogen-bond acceptors (Lipinski definition) is 15. The second kappa shape index (κ2) is 64.4. The van der Waals surface area contributed by atoms with Gasteiger partial charge in [-0.15, -0.1) is 0 Å². The predicted molar refractivity (Wildman–Crippen MR) is 381 cm³/mol. The van der Waals surface area contributed by atoms with Crippen molar-refractivity contribution in [3.63, 3.8) is 0 Å². The molecule has 0 aliphatic carbocycles. The van der Waals surface area contributed by atoms with Crippen molar-refractivity contribution >= 4 is 39.5 Å². The minimum absolute atomic E-state index is 0.103. The first-order valence-electron chi connectivity index (χ1n) is 38.8. The average molecular weight is 1380 g/mol. The van der Waals surface area contributed by atoms with Crippen molar-refractivity contribution in [3.05, 3.63) is 0 Å². The van der Waals surface area contributed by atoms with Gasteiger partial charge < -0.3 is 33.8 Å². The van der Waals surface area contributed by atoms with Gasteiger partial charge in [0.2, 0.25) is 0 Å². The van der Waals surface area contributed by atoms with Crippen molar-refractivity contribution in [2.24, 2.45) is 23.7 Å². The maximum atomic E-state index is 13.0. The fourth-order valence-corrected chi connectivity index (χ4v) is 12.9. The van der Waals surface area contributed by atoms with Gasteiger partial charge in [0.05, 0.1) is 26.4 Å². The predicted octanol–water partition coefficient (Wildman–Crippen LogP) is 21.7. The summed E-state index contributed by atoms with van der Waals surface area (Å²) in [5.74, 6) is 0.918. The Bertz CT molecular complexity index is 1850. The molecule has 7 atom stereocenters. The smallest absolute Gasteiger partial charge is 0.462 e. The molecule has 0 aliphatic heterocycles. The Morgan fingerprint density at radius 2 is 0.511 bits per heavy atom. The molecular formula is C75H146O17P2. The molecule has 0 aromatic heterocycles. The van der Waals surface area contributed by atoms with E-state index >= 15 is 0 Å². The highest BCUT2D eigenvalue weighted by Crippen LogP contribution is 2.45. The number of ether oxygens (including phenoxy) is 4. The van der Waals surface area contributed by atoms with Gasteiger partial charge in [0.1, 0.15) is 19.3 Å². The lowest BCUT2D eigenvalue weighted by Crippen LogP contribution is -2.30. The van der Waals surface area contributed by atoms with Crippen molar-refractivity contribution in [1.82, 2.24) is 0 Å². The lowest BCUT2D eigenvalue weighted by Gasteiger charge is -2.21. The molecule has 3 N–H and O–H groups in total. The number of phosphoric acid groups is 2. The zero-order valence-corrected chi connectivity index (χ0v) is 63.4. The first kappa shape index (κ1) is 92.1. The van der Waals surface area contributed by atoms with Crippen LogP contribution in [0.1, 0.15) is 376 Å². The normalized spacial score (nSPS) is 14.7. The van der Waals surface area contributed by atoms with E-state index < -0.39 is 97.5 Å². The van der Waals surface area contributed by atoms with Crippen molar-refractivity contribution < 1.29 is 80.2 Å². The van der Waals surface area contributed by atoms with Gasteiger partial charge in [-0.2, -0.15) is 0 Å². The summed E-state index contributed by atoms with van der Waals surface area (Å²) in [7, 11) is -9.91.